The second-order valence-electron chi connectivity index (χ2n) is 5.70. The van der Waals surface area contributed by atoms with Crippen LogP contribution in [0.15, 0.2) is 60.7 Å². The Morgan fingerprint density at radius 1 is 0.739 bits per heavy atom. The molecule has 0 aliphatic rings. The van der Waals surface area contributed by atoms with Crippen LogP contribution in [0.5, 0.6) is 0 Å². The van der Waals surface area contributed by atoms with E-state index in [2.05, 4.69) is 6.92 Å². The lowest BCUT2D eigenvalue weighted by molar-refractivity contribution is 0.626. The Labute approximate surface area is 135 Å². The van der Waals surface area contributed by atoms with Crippen LogP contribution in [0.3, 0.4) is 0 Å². The highest BCUT2D eigenvalue weighted by atomic mass is 19.1. The van der Waals surface area contributed by atoms with E-state index in [4.69, 9.17) is 0 Å². The maximum absolute atomic E-state index is 14.5. The van der Waals surface area contributed by atoms with Crippen LogP contribution >= 0.6 is 0 Å². The van der Waals surface area contributed by atoms with Crippen molar-refractivity contribution in [3.05, 3.63) is 83.4 Å². The molecule has 0 saturated carbocycles. The van der Waals surface area contributed by atoms with Gasteiger partial charge in [-0.15, -0.1) is 0 Å². The normalized spacial score (nSPS) is 10.8. The van der Waals surface area contributed by atoms with Crippen molar-refractivity contribution < 1.29 is 8.78 Å². The lowest BCUT2D eigenvalue weighted by Crippen LogP contribution is -1.90. The minimum Gasteiger partial charge on any atom is -0.207 e. The van der Waals surface area contributed by atoms with E-state index in [1.165, 1.54) is 23.8 Å². The summed E-state index contributed by atoms with van der Waals surface area (Å²) >= 11 is 0. The summed E-state index contributed by atoms with van der Waals surface area (Å²) < 4.78 is 27.8. The van der Waals surface area contributed by atoms with Gasteiger partial charge >= 0.3 is 0 Å². The van der Waals surface area contributed by atoms with Gasteiger partial charge in [-0.25, -0.2) is 8.78 Å². The molecule has 3 aromatic carbocycles. The minimum atomic E-state index is -0.278. The van der Waals surface area contributed by atoms with Gasteiger partial charge in [0.25, 0.3) is 0 Å². The van der Waals surface area contributed by atoms with Crippen molar-refractivity contribution in [1.82, 2.24) is 0 Å². The number of halogens is 2. The number of aryl methyl sites for hydroxylation is 2. The molecule has 116 valence electrons. The van der Waals surface area contributed by atoms with Crippen molar-refractivity contribution in [1.29, 1.82) is 0 Å². The first-order valence-electron chi connectivity index (χ1n) is 7.74. The molecule has 0 nitrogen and oxygen atoms in total. The molecule has 23 heavy (non-hydrogen) atoms. The smallest absolute Gasteiger partial charge is 0.131 e. The first-order valence-corrected chi connectivity index (χ1v) is 7.74. The van der Waals surface area contributed by atoms with Crippen molar-refractivity contribution >= 4 is 0 Å². The fourth-order valence-corrected chi connectivity index (χ4v) is 2.79. The first-order chi connectivity index (χ1) is 11.1. The third-order valence-corrected chi connectivity index (χ3v) is 4.14. The van der Waals surface area contributed by atoms with E-state index < -0.39 is 0 Å². The van der Waals surface area contributed by atoms with Crippen molar-refractivity contribution in [2.75, 3.05) is 0 Å². The predicted octanol–water partition coefficient (Wildman–Crippen LogP) is 6.17. The molecule has 0 spiro atoms. The zero-order chi connectivity index (χ0) is 16.4. The molecule has 3 aromatic rings. The second-order valence-corrected chi connectivity index (χ2v) is 5.70. The van der Waals surface area contributed by atoms with Crippen molar-refractivity contribution in [2.45, 2.75) is 20.3 Å². The summed E-state index contributed by atoms with van der Waals surface area (Å²) in [6, 6.07) is 17.7. The molecule has 0 unspecified atom stereocenters. The van der Waals surface area contributed by atoms with Crippen LogP contribution in [0.25, 0.3) is 22.3 Å². The van der Waals surface area contributed by atoms with Gasteiger partial charge in [0.15, 0.2) is 0 Å². The summed E-state index contributed by atoms with van der Waals surface area (Å²) in [7, 11) is 0. The lowest BCUT2D eigenvalue weighted by Gasteiger charge is -2.10. The van der Waals surface area contributed by atoms with Crippen LogP contribution < -0.4 is 0 Å². The van der Waals surface area contributed by atoms with Gasteiger partial charge < -0.3 is 0 Å². The Hall–Kier alpha value is -2.48. The average Bonchev–Trinajstić information content (AvgIpc) is 2.55. The third-order valence-electron chi connectivity index (χ3n) is 4.14. The number of benzene rings is 3. The monoisotopic (exact) mass is 308 g/mol. The highest BCUT2D eigenvalue weighted by Gasteiger charge is 2.09. The minimum absolute atomic E-state index is 0.268. The molecule has 0 heterocycles. The van der Waals surface area contributed by atoms with Crippen LogP contribution in [0.4, 0.5) is 8.78 Å². The standard InChI is InChI=1S/C21H18F2/c1-3-15-4-6-16(7-5-15)20-10-8-17(13-21(20)23)19-11-9-18(22)12-14(19)2/h4-13H,3H2,1-2H3. The maximum atomic E-state index is 14.5. The van der Waals surface area contributed by atoms with Crippen LogP contribution in [-0.2, 0) is 6.42 Å². The zero-order valence-electron chi connectivity index (χ0n) is 13.2. The molecule has 0 bridgehead atoms. The Morgan fingerprint density at radius 3 is 2.00 bits per heavy atom. The van der Waals surface area contributed by atoms with Crippen LogP contribution in [0, 0.1) is 18.6 Å². The largest absolute Gasteiger partial charge is 0.207 e. The molecular formula is C21H18F2. The Morgan fingerprint density at radius 2 is 1.39 bits per heavy atom. The molecule has 0 atom stereocenters. The van der Waals surface area contributed by atoms with E-state index in [1.54, 1.807) is 12.1 Å². The van der Waals surface area contributed by atoms with Crippen molar-refractivity contribution in [2.24, 2.45) is 0 Å². The third kappa shape index (κ3) is 3.16. The van der Waals surface area contributed by atoms with Gasteiger partial charge in [-0.1, -0.05) is 49.4 Å². The fourth-order valence-electron chi connectivity index (χ4n) is 2.79. The van der Waals surface area contributed by atoms with Crippen LogP contribution in [-0.4, -0.2) is 0 Å². The molecule has 0 radical (unpaired) electrons. The van der Waals surface area contributed by atoms with Crippen LogP contribution in [0.1, 0.15) is 18.1 Å². The highest BCUT2D eigenvalue weighted by molar-refractivity contribution is 5.72. The molecule has 0 fully saturated rings. The van der Waals surface area contributed by atoms with Gasteiger partial charge in [-0.05, 0) is 59.4 Å². The molecule has 0 aliphatic heterocycles. The first kappa shape index (κ1) is 15.4. The lowest BCUT2D eigenvalue weighted by atomic mass is 9.96. The van der Waals surface area contributed by atoms with E-state index >= 15 is 0 Å². The SMILES string of the molecule is CCc1ccc(-c2ccc(-c3ccc(F)cc3C)cc2F)cc1. The molecule has 0 amide bonds. The summed E-state index contributed by atoms with van der Waals surface area (Å²) in [5.41, 5.74) is 5.07. The highest BCUT2D eigenvalue weighted by Crippen LogP contribution is 2.30. The predicted molar refractivity (Wildman–Crippen MR) is 91.3 cm³/mol. The van der Waals surface area contributed by atoms with E-state index in [0.29, 0.717) is 5.56 Å². The van der Waals surface area contributed by atoms with Gasteiger partial charge in [-0.3, -0.25) is 0 Å². The quantitative estimate of drug-likeness (QED) is 0.543. The summed E-state index contributed by atoms with van der Waals surface area (Å²) in [5, 5.41) is 0. The van der Waals surface area contributed by atoms with Crippen LogP contribution in [0.2, 0.25) is 0 Å². The van der Waals surface area contributed by atoms with Crippen molar-refractivity contribution in [3.63, 3.8) is 0 Å². The molecular weight excluding hydrogens is 290 g/mol. The number of rotatable bonds is 3. The molecule has 3 rings (SSSR count). The van der Waals surface area contributed by atoms with Gasteiger partial charge in [0.1, 0.15) is 11.6 Å². The van der Waals surface area contributed by atoms with E-state index in [0.717, 1.165) is 28.7 Å². The Balaban J connectivity index is 2.00. The summed E-state index contributed by atoms with van der Waals surface area (Å²) in [4.78, 5) is 0. The maximum Gasteiger partial charge on any atom is 0.131 e. The van der Waals surface area contributed by atoms with Gasteiger partial charge in [0.2, 0.25) is 0 Å². The Bertz CT molecular complexity index is 833. The summed E-state index contributed by atoms with van der Waals surface area (Å²) in [6.07, 6.45) is 0.964. The molecule has 0 saturated heterocycles. The zero-order valence-corrected chi connectivity index (χ0v) is 13.2. The van der Waals surface area contributed by atoms with Gasteiger partial charge in [0.05, 0.1) is 0 Å². The topological polar surface area (TPSA) is 0 Å². The van der Waals surface area contributed by atoms with E-state index in [-0.39, 0.29) is 11.6 Å². The second kappa shape index (κ2) is 6.33. The summed E-state index contributed by atoms with van der Waals surface area (Å²) in [6.45, 7) is 3.92. The summed E-state index contributed by atoms with van der Waals surface area (Å²) in [5.74, 6) is -0.546. The Kier molecular flexibility index (Phi) is 4.24. The van der Waals surface area contributed by atoms with Crippen molar-refractivity contribution in [3.8, 4) is 22.3 Å². The molecule has 0 aliphatic carbocycles. The average molecular weight is 308 g/mol. The number of hydrogen-bond acceptors (Lipinski definition) is 0. The van der Waals surface area contributed by atoms with E-state index in [1.807, 2.05) is 37.3 Å². The van der Waals surface area contributed by atoms with Gasteiger partial charge in [0, 0.05) is 5.56 Å². The molecule has 0 aromatic heterocycles. The van der Waals surface area contributed by atoms with Gasteiger partial charge in [-0.2, -0.15) is 0 Å². The molecule has 0 N–H and O–H groups in total. The number of hydrogen-bond donors (Lipinski definition) is 0. The fraction of sp³-hybridized carbons (Fsp3) is 0.143. The molecule has 2 heteroatoms. The van der Waals surface area contributed by atoms with E-state index in [9.17, 15) is 8.78 Å².